The van der Waals surface area contributed by atoms with Gasteiger partial charge >= 0.3 is 6.09 Å². The van der Waals surface area contributed by atoms with Crippen molar-refractivity contribution in [2.75, 3.05) is 18.4 Å². The van der Waals surface area contributed by atoms with E-state index in [1.54, 1.807) is 0 Å². The lowest BCUT2D eigenvalue weighted by Crippen LogP contribution is -2.53. The van der Waals surface area contributed by atoms with Gasteiger partial charge in [0.25, 0.3) is 0 Å². The number of carbonyl (C=O) groups excluding carboxylic acids is 1. The highest BCUT2D eigenvalue weighted by atomic mass is 16.4. The summed E-state index contributed by atoms with van der Waals surface area (Å²) in [4.78, 5) is 28.7. The van der Waals surface area contributed by atoms with Crippen molar-refractivity contribution in [3.05, 3.63) is 65.7 Å². The molecule has 2 fully saturated rings. The van der Waals surface area contributed by atoms with Crippen LogP contribution in [0.15, 0.2) is 54.6 Å². The second kappa shape index (κ2) is 7.67. The van der Waals surface area contributed by atoms with Crippen LogP contribution in [0.5, 0.6) is 0 Å². The van der Waals surface area contributed by atoms with Crippen molar-refractivity contribution >= 4 is 17.7 Å². The molecule has 6 nitrogen and oxygen atoms in total. The molecule has 2 aromatic carbocycles. The summed E-state index contributed by atoms with van der Waals surface area (Å²) in [7, 11) is 0. The molecule has 0 unspecified atom stereocenters. The van der Waals surface area contributed by atoms with Gasteiger partial charge < -0.3 is 15.3 Å². The van der Waals surface area contributed by atoms with Crippen LogP contribution < -0.4 is 5.32 Å². The van der Waals surface area contributed by atoms with Crippen LogP contribution in [0, 0.1) is 5.92 Å². The summed E-state index contributed by atoms with van der Waals surface area (Å²) in [5, 5.41) is 13.3. The van der Waals surface area contributed by atoms with Crippen molar-refractivity contribution in [3.8, 4) is 0 Å². The van der Waals surface area contributed by atoms with Gasteiger partial charge in [-0.25, -0.2) is 4.79 Å². The molecule has 2 N–H and O–H groups in total. The molecular formula is C24H27N3O3. The highest BCUT2D eigenvalue weighted by Crippen LogP contribution is 2.51. The van der Waals surface area contributed by atoms with Gasteiger partial charge in [-0.3, -0.25) is 9.69 Å². The number of likely N-dealkylation sites (tertiary alicyclic amines) is 2. The number of nitrogens with one attached hydrogen (secondary N) is 1. The highest BCUT2D eigenvalue weighted by molar-refractivity contribution is 5.86. The molecule has 3 aliphatic rings. The molecule has 2 saturated heterocycles. The van der Waals surface area contributed by atoms with Crippen molar-refractivity contribution in [1.29, 1.82) is 0 Å². The molecule has 30 heavy (non-hydrogen) atoms. The van der Waals surface area contributed by atoms with Crippen molar-refractivity contribution in [2.45, 2.75) is 43.8 Å². The summed E-state index contributed by atoms with van der Waals surface area (Å²) in [6.45, 7) is 1.11. The minimum absolute atomic E-state index is 0.0299. The molecule has 0 aromatic heterocycles. The van der Waals surface area contributed by atoms with Gasteiger partial charge in [0.15, 0.2) is 0 Å². The maximum Gasteiger partial charge on any atom is 0.407 e. The van der Waals surface area contributed by atoms with E-state index in [1.807, 2.05) is 23.1 Å². The minimum Gasteiger partial charge on any atom is -0.465 e. The molecule has 2 aromatic rings. The van der Waals surface area contributed by atoms with E-state index in [-0.39, 0.29) is 23.9 Å². The number of piperidine rings is 1. The molecule has 4 atom stereocenters. The Labute approximate surface area is 176 Å². The van der Waals surface area contributed by atoms with Crippen LogP contribution in [0.2, 0.25) is 0 Å². The summed E-state index contributed by atoms with van der Waals surface area (Å²) >= 11 is 0. The first-order valence-electron chi connectivity index (χ1n) is 10.9. The molecule has 5 rings (SSSR count). The van der Waals surface area contributed by atoms with Crippen LogP contribution in [0.3, 0.4) is 0 Å². The lowest BCUT2D eigenvalue weighted by Gasteiger charge is -2.42. The van der Waals surface area contributed by atoms with Crippen molar-refractivity contribution in [3.63, 3.8) is 0 Å². The number of hydrogen-bond acceptors (Lipinski definition) is 3. The third kappa shape index (κ3) is 3.11. The third-order valence-corrected chi connectivity index (χ3v) is 6.94. The maximum absolute atomic E-state index is 13.6. The Hall–Kier alpha value is -3.02. The van der Waals surface area contributed by atoms with Gasteiger partial charge in [0.05, 0.1) is 12.1 Å². The molecular weight excluding hydrogens is 378 g/mol. The SMILES string of the molecule is O=C(O)N1CCCC[C@@H]1C(=O)N1CC[C@H]2[C@@H](c3ccccc3)Nc3ccccc3[C@H]21. The van der Waals surface area contributed by atoms with E-state index in [0.29, 0.717) is 19.5 Å². The number of fused-ring (bicyclic) bond motifs is 3. The first-order chi connectivity index (χ1) is 14.6. The molecule has 0 aliphatic carbocycles. The van der Waals surface area contributed by atoms with Crippen LogP contribution in [0.4, 0.5) is 10.5 Å². The maximum atomic E-state index is 13.6. The Morgan fingerprint density at radius 1 is 0.900 bits per heavy atom. The molecule has 3 heterocycles. The zero-order valence-corrected chi connectivity index (χ0v) is 16.9. The summed E-state index contributed by atoms with van der Waals surface area (Å²) in [6.07, 6.45) is 2.24. The van der Waals surface area contributed by atoms with Gasteiger partial charge in [-0.15, -0.1) is 0 Å². The fraction of sp³-hybridized carbons (Fsp3) is 0.417. The number of rotatable bonds is 2. The molecule has 0 radical (unpaired) electrons. The Morgan fingerprint density at radius 2 is 1.67 bits per heavy atom. The number of carboxylic acid groups (broad SMARTS) is 1. The molecule has 0 saturated carbocycles. The standard InChI is InChI=1S/C24H27N3O3/c28-23(20-12-6-7-14-26(20)24(29)30)27-15-13-18-21(16-8-2-1-3-9-16)25-19-11-5-4-10-17(19)22(18)27/h1-5,8-11,18,20-22,25H,6-7,12-15H2,(H,29,30)/t18-,20+,21+,22+/m0/s1. The van der Waals surface area contributed by atoms with Crippen molar-refractivity contribution < 1.29 is 14.7 Å². The van der Waals surface area contributed by atoms with Crippen LogP contribution >= 0.6 is 0 Å². The zero-order valence-electron chi connectivity index (χ0n) is 16.9. The number of benzene rings is 2. The van der Waals surface area contributed by atoms with E-state index in [0.717, 1.165) is 30.5 Å². The van der Waals surface area contributed by atoms with Gasteiger partial charge in [-0.2, -0.15) is 0 Å². The van der Waals surface area contributed by atoms with Crippen LogP contribution in [-0.4, -0.2) is 46.0 Å². The lowest BCUT2D eigenvalue weighted by molar-refractivity contribution is -0.139. The number of carbonyl (C=O) groups is 2. The van der Waals surface area contributed by atoms with Crippen LogP contribution in [-0.2, 0) is 4.79 Å². The number of anilines is 1. The summed E-state index contributed by atoms with van der Waals surface area (Å²) in [6, 6.07) is 18.2. The Morgan fingerprint density at radius 3 is 2.47 bits per heavy atom. The quantitative estimate of drug-likeness (QED) is 0.782. The smallest absolute Gasteiger partial charge is 0.407 e. The largest absolute Gasteiger partial charge is 0.465 e. The molecule has 156 valence electrons. The third-order valence-electron chi connectivity index (χ3n) is 6.94. The summed E-state index contributed by atoms with van der Waals surface area (Å²) in [5.74, 6) is 0.223. The molecule has 2 amide bonds. The predicted octanol–water partition coefficient (Wildman–Crippen LogP) is 4.28. The molecule has 0 bridgehead atoms. The van der Waals surface area contributed by atoms with Gasteiger partial charge in [0, 0.05) is 24.7 Å². The molecule has 6 heteroatoms. The topological polar surface area (TPSA) is 72.9 Å². The van der Waals surface area contributed by atoms with Crippen molar-refractivity contribution in [2.24, 2.45) is 5.92 Å². The summed E-state index contributed by atoms with van der Waals surface area (Å²) in [5.41, 5.74) is 3.42. The van der Waals surface area contributed by atoms with E-state index in [2.05, 4.69) is 41.7 Å². The normalized spacial score (nSPS) is 27.7. The van der Waals surface area contributed by atoms with E-state index < -0.39 is 12.1 Å². The monoisotopic (exact) mass is 405 g/mol. The van der Waals surface area contributed by atoms with Gasteiger partial charge in [0.2, 0.25) is 5.91 Å². The number of para-hydroxylation sites is 1. The Kier molecular flexibility index (Phi) is 4.85. The van der Waals surface area contributed by atoms with Crippen LogP contribution in [0.1, 0.15) is 48.9 Å². The predicted molar refractivity (Wildman–Crippen MR) is 114 cm³/mol. The zero-order chi connectivity index (χ0) is 20.7. The first-order valence-corrected chi connectivity index (χ1v) is 10.9. The number of hydrogen-bond donors (Lipinski definition) is 2. The lowest BCUT2D eigenvalue weighted by atomic mass is 9.80. The average molecular weight is 405 g/mol. The Balaban J connectivity index is 1.51. The van der Waals surface area contributed by atoms with Crippen molar-refractivity contribution in [1.82, 2.24) is 9.80 Å². The second-order valence-corrected chi connectivity index (χ2v) is 8.54. The van der Waals surface area contributed by atoms with Gasteiger partial charge in [0.1, 0.15) is 6.04 Å². The van der Waals surface area contributed by atoms with Gasteiger partial charge in [-0.05, 0) is 42.9 Å². The van der Waals surface area contributed by atoms with E-state index in [1.165, 1.54) is 10.5 Å². The first kappa shape index (κ1) is 19.0. The fourth-order valence-electron chi connectivity index (χ4n) is 5.57. The number of nitrogens with zero attached hydrogens (tertiary/aromatic N) is 2. The molecule has 0 spiro atoms. The van der Waals surface area contributed by atoms with E-state index in [4.69, 9.17) is 0 Å². The van der Waals surface area contributed by atoms with E-state index >= 15 is 0 Å². The second-order valence-electron chi connectivity index (χ2n) is 8.54. The number of amides is 2. The summed E-state index contributed by atoms with van der Waals surface area (Å²) < 4.78 is 0. The Bertz CT molecular complexity index is 948. The van der Waals surface area contributed by atoms with Gasteiger partial charge in [-0.1, -0.05) is 48.5 Å². The van der Waals surface area contributed by atoms with E-state index in [9.17, 15) is 14.7 Å². The fourth-order valence-corrected chi connectivity index (χ4v) is 5.57. The van der Waals surface area contributed by atoms with Crippen LogP contribution in [0.25, 0.3) is 0 Å². The average Bonchev–Trinajstić information content (AvgIpc) is 3.24. The highest BCUT2D eigenvalue weighted by Gasteiger charge is 2.48. The molecule has 3 aliphatic heterocycles. The minimum atomic E-state index is -0.989.